The average Bonchev–Trinajstić information content (AvgIpc) is 2.28. The first-order chi connectivity index (χ1) is 8.04. The monoisotopic (exact) mass is 249 g/mol. The van der Waals surface area contributed by atoms with E-state index in [1.807, 2.05) is 0 Å². The Labute approximate surface area is 103 Å². The molecule has 0 saturated carbocycles. The standard InChI is InChI=1S/C12H11NO3S/c1-6(14)10-11(15)8-5-7(16-2)3-4-9(8)13-12(10)17/h3-5H,1-2H3,(H2,13,15,17). The number of ether oxygens (including phenoxy) is 1. The number of fused-ring (bicyclic) bond motifs is 1. The van der Waals surface area contributed by atoms with Crippen LogP contribution in [-0.2, 0) is 0 Å². The molecule has 88 valence electrons. The highest BCUT2D eigenvalue weighted by Crippen LogP contribution is 2.31. The number of ketones is 1. The Kier molecular flexibility index (Phi) is 2.85. The number of methoxy groups -OCH3 is 1. The number of aromatic nitrogens is 1. The van der Waals surface area contributed by atoms with Gasteiger partial charge >= 0.3 is 0 Å². The number of pyridine rings is 1. The molecule has 1 aromatic carbocycles. The third kappa shape index (κ3) is 1.89. The predicted molar refractivity (Wildman–Crippen MR) is 67.4 cm³/mol. The number of nitrogens with one attached hydrogen (secondary N) is 1. The highest BCUT2D eigenvalue weighted by atomic mass is 32.1. The zero-order chi connectivity index (χ0) is 12.6. The topological polar surface area (TPSA) is 62.3 Å². The summed E-state index contributed by atoms with van der Waals surface area (Å²) in [6.45, 7) is 1.37. The number of carbonyl (C=O) groups is 1. The second-order valence-corrected chi connectivity index (χ2v) is 4.05. The lowest BCUT2D eigenvalue weighted by Gasteiger charge is -2.07. The summed E-state index contributed by atoms with van der Waals surface area (Å²) >= 11 is 5.04. The van der Waals surface area contributed by atoms with Crippen LogP contribution in [0.15, 0.2) is 18.2 Å². The maximum absolute atomic E-state index is 11.4. The zero-order valence-electron chi connectivity index (χ0n) is 9.40. The summed E-state index contributed by atoms with van der Waals surface area (Å²) in [7, 11) is 1.54. The van der Waals surface area contributed by atoms with Gasteiger partial charge in [0.2, 0.25) is 0 Å². The Morgan fingerprint density at radius 3 is 2.76 bits per heavy atom. The highest BCUT2D eigenvalue weighted by Gasteiger charge is 2.13. The minimum Gasteiger partial charge on any atom is -0.506 e. The molecule has 0 fully saturated rings. The van der Waals surface area contributed by atoms with Gasteiger partial charge in [0.15, 0.2) is 5.78 Å². The predicted octanol–water partition coefficient (Wildman–Crippen LogP) is 2.81. The van der Waals surface area contributed by atoms with E-state index in [1.165, 1.54) is 14.0 Å². The molecule has 0 amide bonds. The number of H-pyrrole nitrogens is 1. The quantitative estimate of drug-likeness (QED) is 0.634. The van der Waals surface area contributed by atoms with E-state index in [4.69, 9.17) is 17.0 Å². The number of Topliss-reactive ketones (excluding diaryl/α,β-unsaturated/α-hetero) is 1. The van der Waals surface area contributed by atoms with Crippen LogP contribution in [0.25, 0.3) is 10.9 Å². The van der Waals surface area contributed by atoms with Crippen molar-refractivity contribution < 1.29 is 14.6 Å². The first-order valence-corrected chi connectivity index (χ1v) is 5.39. The number of aromatic hydroxyl groups is 1. The molecular weight excluding hydrogens is 238 g/mol. The van der Waals surface area contributed by atoms with Crippen molar-refractivity contribution in [2.24, 2.45) is 0 Å². The minimum absolute atomic E-state index is 0.102. The van der Waals surface area contributed by atoms with Crippen LogP contribution >= 0.6 is 12.2 Å². The molecule has 0 spiro atoms. The second kappa shape index (κ2) is 4.18. The molecule has 2 aromatic rings. The molecule has 2 N–H and O–H groups in total. The van der Waals surface area contributed by atoms with Gasteiger partial charge in [0.05, 0.1) is 18.2 Å². The van der Waals surface area contributed by atoms with Crippen molar-refractivity contribution in [2.45, 2.75) is 6.92 Å². The molecule has 0 aliphatic carbocycles. The lowest BCUT2D eigenvalue weighted by molar-refractivity contribution is 0.101. The fourth-order valence-electron chi connectivity index (χ4n) is 1.71. The van der Waals surface area contributed by atoms with Gasteiger partial charge in [0, 0.05) is 5.39 Å². The molecule has 0 aliphatic heterocycles. The summed E-state index contributed by atoms with van der Waals surface area (Å²) in [5.41, 5.74) is 0.805. The lowest BCUT2D eigenvalue weighted by Crippen LogP contribution is -1.97. The Morgan fingerprint density at radius 2 is 2.18 bits per heavy atom. The number of benzene rings is 1. The summed E-state index contributed by atoms with van der Waals surface area (Å²) < 4.78 is 5.32. The summed E-state index contributed by atoms with van der Waals surface area (Å²) in [5.74, 6) is 0.233. The van der Waals surface area contributed by atoms with Gasteiger partial charge in [-0.2, -0.15) is 0 Å². The first-order valence-electron chi connectivity index (χ1n) is 4.98. The Hall–Kier alpha value is -1.88. The van der Waals surface area contributed by atoms with Crippen molar-refractivity contribution in [2.75, 3.05) is 7.11 Å². The summed E-state index contributed by atoms with van der Waals surface area (Å²) in [6, 6.07) is 5.15. The van der Waals surface area contributed by atoms with Crippen molar-refractivity contribution in [1.82, 2.24) is 4.98 Å². The van der Waals surface area contributed by atoms with E-state index < -0.39 is 0 Å². The van der Waals surface area contributed by atoms with Gasteiger partial charge in [0.1, 0.15) is 16.1 Å². The lowest BCUT2D eigenvalue weighted by atomic mass is 10.1. The van der Waals surface area contributed by atoms with Crippen molar-refractivity contribution in [3.8, 4) is 11.5 Å². The van der Waals surface area contributed by atoms with Gasteiger partial charge in [0.25, 0.3) is 0 Å². The van der Waals surface area contributed by atoms with Crippen molar-refractivity contribution in [1.29, 1.82) is 0 Å². The van der Waals surface area contributed by atoms with Crippen LogP contribution in [0, 0.1) is 4.64 Å². The molecule has 0 saturated heterocycles. The summed E-state index contributed by atoms with van der Waals surface area (Å²) in [5, 5.41) is 10.6. The molecule has 0 unspecified atom stereocenters. The molecule has 0 atom stereocenters. The van der Waals surface area contributed by atoms with E-state index in [-0.39, 0.29) is 21.7 Å². The molecular formula is C12H11NO3S. The molecule has 1 heterocycles. The third-order valence-corrected chi connectivity index (χ3v) is 2.85. The first kappa shape index (κ1) is 11.6. The number of hydrogen-bond acceptors (Lipinski definition) is 4. The van der Waals surface area contributed by atoms with Gasteiger partial charge in [-0.05, 0) is 25.1 Å². The van der Waals surface area contributed by atoms with E-state index in [0.717, 1.165) is 0 Å². The van der Waals surface area contributed by atoms with Crippen molar-refractivity contribution >= 4 is 28.9 Å². The van der Waals surface area contributed by atoms with Crippen LogP contribution in [-0.4, -0.2) is 23.0 Å². The molecule has 17 heavy (non-hydrogen) atoms. The van der Waals surface area contributed by atoms with E-state index in [1.54, 1.807) is 18.2 Å². The third-order valence-electron chi connectivity index (χ3n) is 2.55. The number of hydrogen-bond donors (Lipinski definition) is 2. The molecule has 0 aliphatic rings. The number of rotatable bonds is 2. The fourth-order valence-corrected chi connectivity index (χ4v) is 2.06. The summed E-state index contributed by atoms with van der Waals surface area (Å²) in [4.78, 5) is 14.3. The van der Waals surface area contributed by atoms with Gasteiger partial charge in [-0.25, -0.2) is 0 Å². The van der Waals surface area contributed by atoms with Crippen LogP contribution in [0.5, 0.6) is 11.5 Å². The average molecular weight is 249 g/mol. The molecule has 1 aromatic heterocycles. The van der Waals surface area contributed by atoms with Gasteiger partial charge < -0.3 is 14.8 Å². The van der Waals surface area contributed by atoms with E-state index in [0.29, 0.717) is 16.7 Å². The van der Waals surface area contributed by atoms with Crippen LogP contribution in [0.4, 0.5) is 0 Å². The summed E-state index contributed by atoms with van der Waals surface area (Å²) in [6.07, 6.45) is 0. The van der Waals surface area contributed by atoms with Crippen LogP contribution in [0.1, 0.15) is 17.3 Å². The second-order valence-electron chi connectivity index (χ2n) is 3.65. The molecule has 4 nitrogen and oxygen atoms in total. The Morgan fingerprint density at radius 1 is 1.47 bits per heavy atom. The molecule has 0 bridgehead atoms. The fraction of sp³-hybridized carbons (Fsp3) is 0.167. The smallest absolute Gasteiger partial charge is 0.166 e. The highest BCUT2D eigenvalue weighted by molar-refractivity contribution is 7.71. The van der Waals surface area contributed by atoms with E-state index in [2.05, 4.69) is 4.98 Å². The Bertz CT molecular complexity index is 661. The van der Waals surface area contributed by atoms with Crippen molar-refractivity contribution in [3.05, 3.63) is 28.4 Å². The SMILES string of the molecule is COc1ccc2[nH]c(=S)c(C(C)=O)c(O)c2c1. The maximum atomic E-state index is 11.4. The van der Waals surface area contributed by atoms with Crippen LogP contribution in [0.3, 0.4) is 0 Å². The van der Waals surface area contributed by atoms with Gasteiger partial charge in [-0.15, -0.1) is 0 Å². The zero-order valence-corrected chi connectivity index (χ0v) is 10.2. The number of carbonyl (C=O) groups excluding carboxylic acids is 1. The number of aromatic amines is 1. The normalized spacial score (nSPS) is 10.5. The van der Waals surface area contributed by atoms with Crippen LogP contribution < -0.4 is 4.74 Å². The molecule has 5 heteroatoms. The minimum atomic E-state index is -0.270. The largest absolute Gasteiger partial charge is 0.506 e. The molecule has 2 rings (SSSR count). The molecule has 0 radical (unpaired) electrons. The van der Waals surface area contributed by atoms with Gasteiger partial charge in [-0.3, -0.25) is 4.79 Å². The Balaban J connectivity index is 2.88. The van der Waals surface area contributed by atoms with Crippen molar-refractivity contribution in [3.63, 3.8) is 0 Å². The van der Waals surface area contributed by atoms with Crippen LogP contribution in [0.2, 0.25) is 0 Å². The maximum Gasteiger partial charge on any atom is 0.166 e. The van der Waals surface area contributed by atoms with Gasteiger partial charge in [-0.1, -0.05) is 12.2 Å². The van der Waals surface area contributed by atoms with E-state index in [9.17, 15) is 9.90 Å². The van der Waals surface area contributed by atoms with E-state index >= 15 is 0 Å².